The number of benzene rings is 1. The number of hydrogen-bond donors (Lipinski definition) is 2. The SMILES string of the molecule is CCC(CC(CN)C(=O)O)c1cc(Cl)cc(Cl)c1Cl. The van der Waals surface area contributed by atoms with Crippen molar-refractivity contribution in [2.45, 2.75) is 25.7 Å². The highest BCUT2D eigenvalue weighted by molar-refractivity contribution is 6.43. The minimum absolute atomic E-state index is 0.0339. The third-order valence-electron chi connectivity index (χ3n) is 3.16. The Labute approximate surface area is 127 Å². The summed E-state index contributed by atoms with van der Waals surface area (Å²) in [5.41, 5.74) is 6.27. The minimum atomic E-state index is -0.898. The summed E-state index contributed by atoms with van der Waals surface area (Å²) in [6.07, 6.45) is 1.15. The third kappa shape index (κ3) is 4.25. The van der Waals surface area contributed by atoms with E-state index >= 15 is 0 Å². The molecule has 0 bridgehead atoms. The zero-order valence-electron chi connectivity index (χ0n) is 10.5. The fourth-order valence-corrected chi connectivity index (χ4v) is 2.80. The summed E-state index contributed by atoms with van der Waals surface area (Å²) in [5, 5.41) is 10.4. The minimum Gasteiger partial charge on any atom is -0.481 e. The Hall–Kier alpha value is -0.480. The molecule has 6 heteroatoms. The number of halogens is 3. The number of hydrogen-bond acceptors (Lipinski definition) is 2. The molecule has 0 saturated carbocycles. The van der Waals surface area contributed by atoms with Crippen molar-refractivity contribution in [3.63, 3.8) is 0 Å². The summed E-state index contributed by atoms with van der Waals surface area (Å²) in [7, 11) is 0. The van der Waals surface area contributed by atoms with Gasteiger partial charge in [-0.15, -0.1) is 0 Å². The van der Waals surface area contributed by atoms with Gasteiger partial charge in [0.2, 0.25) is 0 Å². The molecule has 1 aromatic carbocycles. The van der Waals surface area contributed by atoms with E-state index < -0.39 is 11.9 Å². The van der Waals surface area contributed by atoms with Gasteiger partial charge in [0.15, 0.2) is 0 Å². The van der Waals surface area contributed by atoms with Crippen LogP contribution in [0.5, 0.6) is 0 Å². The van der Waals surface area contributed by atoms with E-state index in [2.05, 4.69) is 0 Å². The number of nitrogens with two attached hydrogens (primary N) is 1. The zero-order valence-corrected chi connectivity index (χ0v) is 12.8. The van der Waals surface area contributed by atoms with Crippen LogP contribution in [0.2, 0.25) is 15.1 Å². The monoisotopic (exact) mass is 323 g/mol. The second-order valence-electron chi connectivity index (χ2n) is 4.40. The lowest BCUT2D eigenvalue weighted by molar-refractivity contribution is -0.141. The van der Waals surface area contributed by atoms with E-state index in [4.69, 9.17) is 45.6 Å². The van der Waals surface area contributed by atoms with Crippen molar-refractivity contribution < 1.29 is 9.90 Å². The van der Waals surface area contributed by atoms with Crippen LogP contribution in [0.4, 0.5) is 0 Å². The molecule has 1 aromatic rings. The van der Waals surface area contributed by atoms with Gasteiger partial charge in [0.1, 0.15) is 0 Å². The summed E-state index contributed by atoms with van der Waals surface area (Å²) >= 11 is 18.1. The summed E-state index contributed by atoms with van der Waals surface area (Å²) < 4.78 is 0. The lowest BCUT2D eigenvalue weighted by atomic mass is 9.87. The molecule has 0 radical (unpaired) electrons. The van der Waals surface area contributed by atoms with Crippen LogP contribution in [0.15, 0.2) is 12.1 Å². The summed E-state index contributed by atoms with van der Waals surface area (Å²) in [4.78, 5) is 11.1. The molecule has 2 atom stereocenters. The van der Waals surface area contributed by atoms with E-state index in [1.165, 1.54) is 0 Å². The van der Waals surface area contributed by atoms with Crippen LogP contribution in [-0.4, -0.2) is 17.6 Å². The van der Waals surface area contributed by atoms with Crippen LogP contribution in [0.25, 0.3) is 0 Å². The largest absolute Gasteiger partial charge is 0.481 e. The van der Waals surface area contributed by atoms with Crippen LogP contribution < -0.4 is 5.73 Å². The molecule has 0 heterocycles. The highest BCUT2D eigenvalue weighted by Crippen LogP contribution is 2.38. The number of rotatable bonds is 6. The van der Waals surface area contributed by atoms with E-state index in [0.717, 1.165) is 12.0 Å². The molecule has 19 heavy (non-hydrogen) atoms. The van der Waals surface area contributed by atoms with Crippen LogP contribution in [0.3, 0.4) is 0 Å². The lowest BCUT2D eigenvalue weighted by Crippen LogP contribution is -2.25. The molecule has 0 spiro atoms. The topological polar surface area (TPSA) is 63.3 Å². The van der Waals surface area contributed by atoms with Gasteiger partial charge in [0, 0.05) is 11.6 Å². The van der Waals surface area contributed by atoms with Gasteiger partial charge < -0.3 is 10.8 Å². The number of carbonyl (C=O) groups is 1. The van der Waals surface area contributed by atoms with Crippen molar-refractivity contribution in [2.75, 3.05) is 6.54 Å². The van der Waals surface area contributed by atoms with Gasteiger partial charge >= 0.3 is 5.97 Å². The molecule has 0 amide bonds. The van der Waals surface area contributed by atoms with Gasteiger partial charge in [-0.3, -0.25) is 4.79 Å². The normalized spacial score (nSPS) is 14.2. The molecule has 3 nitrogen and oxygen atoms in total. The maximum absolute atomic E-state index is 11.1. The predicted octanol–water partition coefficient (Wildman–Crippen LogP) is 4.19. The Balaban J connectivity index is 3.06. The maximum atomic E-state index is 11.1. The fraction of sp³-hybridized carbons (Fsp3) is 0.462. The molecule has 0 saturated heterocycles. The van der Waals surface area contributed by atoms with Crippen molar-refractivity contribution in [1.82, 2.24) is 0 Å². The Morgan fingerprint density at radius 1 is 1.37 bits per heavy atom. The third-order valence-corrected chi connectivity index (χ3v) is 4.19. The van der Waals surface area contributed by atoms with E-state index in [0.29, 0.717) is 21.5 Å². The average Bonchev–Trinajstić information content (AvgIpc) is 2.35. The smallest absolute Gasteiger partial charge is 0.307 e. The molecule has 0 aliphatic carbocycles. The second-order valence-corrected chi connectivity index (χ2v) is 5.62. The van der Waals surface area contributed by atoms with Gasteiger partial charge in [-0.25, -0.2) is 0 Å². The molecular formula is C13H16Cl3NO2. The van der Waals surface area contributed by atoms with Gasteiger partial charge in [0.25, 0.3) is 0 Å². The second kappa shape index (κ2) is 7.34. The fourth-order valence-electron chi connectivity index (χ4n) is 2.03. The van der Waals surface area contributed by atoms with E-state index in [-0.39, 0.29) is 12.5 Å². The van der Waals surface area contributed by atoms with Gasteiger partial charge in [-0.05, 0) is 36.5 Å². The Morgan fingerprint density at radius 3 is 2.47 bits per heavy atom. The molecule has 0 aromatic heterocycles. The maximum Gasteiger partial charge on any atom is 0.307 e. The van der Waals surface area contributed by atoms with Crippen LogP contribution >= 0.6 is 34.8 Å². The predicted molar refractivity (Wildman–Crippen MR) is 79.3 cm³/mol. The first-order valence-electron chi connectivity index (χ1n) is 5.98. The quantitative estimate of drug-likeness (QED) is 0.771. The summed E-state index contributed by atoms with van der Waals surface area (Å²) in [6, 6.07) is 3.30. The van der Waals surface area contributed by atoms with Crippen molar-refractivity contribution in [2.24, 2.45) is 11.7 Å². The van der Waals surface area contributed by atoms with Crippen LogP contribution in [0.1, 0.15) is 31.2 Å². The number of aliphatic carboxylic acids is 1. The first kappa shape index (κ1) is 16.6. The Morgan fingerprint density at radius 2 is 2.00 bits per heavy atom. The summed E-state index contributed by atoms with van der Waals surface area (Å²) in [5.74, 6) is -1.53. The number of carboxylic acid groups (broad SMARTS) is 1. The van der Waals surface area contributed by atoms with Crippen LogP contribution in [0, 0.1) is 5.92 Å². The van der Waals surface area contributed by atoms with Crippen molar-refractivity contribution in [3.05, 3.63) is 32.8 Å². The van der Waals surface area contributed by atoms with Crippen molar-refractivity contribution >= 4 is 40.8 Å². The molecule has 0 aliphatic rings. The molecule has 3 N–H and O–H groups in total. The molecule has 0 fully saturated rings. The highest BCUT2D eigenvalue weighted by atomic mass is 35.5. The van der Waals surface area contributed by atoms with Gasteiger partial charge in [-0.2, -0.15) is 0 Å². The van der Waals surface area contributed by atoms with Crippen molar-refractivity contribution in [3.8, 4) is 0 Å². The lowest BCUT2D eigenvalue weighted by Gasteiger charge is -2.21. The number of carboxylic acids is 1. The van der Waals surface area contributed by atoms with E-state index in [1.807, 2.05) is 6.92 Å². The zero-order chi connectivity index (χ0) is 14.6. The van der Waals surface area contributed by atoms with Crippen molar-refractivity contribution in [1.29, 1.82) is 0 Å². The van der Waals surface area contributed by atoms with Gasteiger partial charge in [0.05, 0.1) is 16.0 Å². The first-order chi connectivity index (χ1) is 8.90. The molecule has 1 rings (SSSR count). The van der Waals surface area contributed by atoms with E-state index in [1.54, 1.807) is 12.1 Å². The highest BCUT2D eigenvalue weighted by Gasteiger charge is 2.24. The van der Waals surface area contributed by atoms with Crippen LogP contribution in [-0.2, 0) is 4.79 Å². The standard InChI is InChI=1S/C13H16Cl3NO2/c1-2-7(3-8(6-17)13(18)19)10-4-9(14)5-11(15)12(10)16/h4-5,7-8H,2-3,6,17H2,1H3,(H,18,19). The molecular weight excluding hydrogens is 309 g/mol. The first-order valence-corrected chi connectivity index (χ1v) is 7.11. The Kier molecular flexibility index (Phi) is 6.40. The van der Waals surface area contributed by atoms with E-state index in [9.17, 15) is 4.79 Å². The average molecular weight is 325 g/mol. The Bertz CT molecular complexity index is 465. The van der Waals surface area contributed by atoms with Gasteiger partial charge in [-0.1, -0.05) is 41.7 Å². The summed E-state index contributed by atoms with van der Waals surface area (Å²) in [6.45, 7) is 2.06. The molecule has 106 valence electrons. The molecule has 0 aliphatic heterocycles. The molecule has 2 unspecified atom stereocenters.